The van der Waals surface area contributed by atoms with Gasteiger partial charge in [-0.25, -0.2) is 0 Å². The van der Waals surface area contributed by atoms with Crippen LogP contribution in [-0.4, -0.2) is 76.9 Å². The molecule has 1 aliphatic heterocycles. The number of carbonyl (C=O) groups excluding carboxylic acids is 1. The minimum Gasteiger partial charge on any atom is -0.338 e. The topological polar surface area (TPSA) is 78.8 Å². The second-order valence-electron chi connectivity index (χ2n) is 6.62. The highest BCUT2D eigenvalue weighted by molar-refractivity contribution is 7.86. The molecular formula is C19H27N5O3S. The summed E-state index contributed by atoms with van der Waals surface area (Å²) >= 11 is 0. The Morgan fingerprint density at radius 2 is 1.71 bits per heavy atom. The van der Waals surface area contributed by atoms with Crippen LogP contribution in [0.4, 0.5) is 0 Å². The van der Waals surface area contributed by atoms with E-state index in [1.165, 1.54) is 8.61 Å². The summed E-state index contributed by atoms with van der Waals surface area (Å²) in [7, 11) is -3.48. The number of amides is 1. The fourth-order valence-electron chi connectivity index (χ4n) is 3.50. The van der Waals surface area contributed by atoms with E-state index in [-0.39, 0.29) is 5.91 Å². The monoisotopic (exact) mass is 405 g/mol. The van der Waals surface area contributed by atoms with E-state index in [2.05, 4.69) is 5.10 Å². The molecule has 0 saturated carbocycles. The molecule has 1 aromatic carbocycles. The zero-order chi connectivity index (χ0) is 20.1. The fraction of sp³-hybridized carbons (Fsp3) is 0.474. The summed E-state index contributed by atoms with van der Waals surface area (Å²) in [6.45, 7) is 5.86. The van der Waals surface area contributed by atoms with Crippen molar-refractivity contribution in [3.8, 4) is 0 Å². The Bertz CT molecular complexity index is 858. The lowest BCUT2D eigenvalue weighted by Gasteiger charge is -2.37. The number of rotatable bonds is 7. The number of benzene rings is 1. The molecular weight excluding hydrogens is 378 g/mol. The molecule has 1 amide bonds. The van der Waals surface area contributed by atoms with Gasteiger partial charge in [-0.15, -0.1) is 0 Å². The predicted molar refractivity (Wildman–Crippen MR) is 107 cm³/mol. The summed E-state index contributed by atoms with van der Waals surface area (Å²) in [5.74, 6) is -0.0743. The molecule has 1 aliphatic rings. The summed E-state index contributed by atoms with van der Waals surface area (Å²) in [6.07, 6.45) is 3.43. The molecule has 0 aliphatic carbocycles. The minimum absolute atomic E-state index is 0.0743. The first kappa shape index (κ1) is 20.5. The van der Waals surface area contributed by atoms with E-state index in [0.717, 1.165) is 5.56 Å². The van der Waals surface area contributed by atoms with E-state index in [1.54, 1.807) is 28.0 Å². The van der Waals surface area contributed by atoms with Crippen LogP contribution < -0.4 is 0 Å². The van der Waals surface area contributed by atoms with Crippen molar-refractivity contribution in [1.29, 1.82) is 0 Å². The molecule has 2 aromatic rings. The number of piperazine rings is 1. The van der Waals surface area contributed by atoms with Crippen molar-refractivity contribution in [3.63, 3.8) is 0 Å². The largest absolute Gasteiger partial charge is 0.338 e. The van der Waals surface area contributed by atoms with Gasteiger partial charge in [0.2, 0.25) is 0 Å². The van der Waals surface area contributed by atoms with Gasteiger partial charge in [-0.2, -0.15) is 22.1 Å². The summed E-state index contributed by atoms with van der Waals surface area (Å²) < 4.78 is 30.0. The molecule has 2 heterocycles. The summed E-state index contributed by atoms with van der Waals surface area (Å²) in [4.78, 5) is 15.0. The van der Waals surface area contributed by atoms with Crippen LogP contribution >= 0.6 is 0 Å². The van der Waals surface area contributed by atoms with Crippen LogP contribution in [0, 0.1) is 0 Å². The van der Waals surface area contributed by atoms with Gasteiger partial charge in [0.25, 0.3) is 16.1 Å². The third kappa shape index (κ3) is 4.11. The van der Waals surface area contributed by atoms with E-state index in [1.807, 2.05) is 44.2 Å². The van der Waals surface area contributed by atoms with Crippen LogP contribution in [-0.2, 0) is 15.0 Å². The molecule has 1 saturated heterocycles. The average molecular weight is 406 g/mol. The Morgan fingerprint density at radius 1 is 1.07 bits per heavy atom. The fourth-order valence-corrected chi connectivity index (χ4v) is 5.11. The van der Waals surface area contributed by atoms with Gasteiger partial charge in [0.15, 0.2) is 6.04 Å². The van der Waals surface area contributed by atoms with Crippen LogP contribution in [0.3, 0.4) is 0 Å². The maximum atomic E-state index is 13.3. The lowest BCUT2D eigenvalue weighted by Crippen LogP contribution is -2.55. The standard InChI is InChI=1S/C19H27N5O3S/c1-3-22(4-2)28(26,27)23-15-13-21(14-16-23)19(25)18(24-12-8-11-20-24)17-9-6-5-7-10-17/h5-12,18H,3-4,13-16H2,1-2H3. The van der Waals surface area contributed by atoms with Gasteiger partial charge in [-0.1, -0.05) is 44.2 Å². The summed E-state index contributed by atoms with van der Waals surface area (Å²) in [5.41, 5.74) is 0.856. The van der Waals surface area contributed by atoms with Crippen molar-refractivity contribution >= 4 is 16.1 Å². The van der Waals surface area contributed by atoms with E-state index in [9.17, 15) is 13.2 Å². The van der Waals surface area contributed by atoms with Crippen molar-refractivity contribution < 1.29 is 13.2 Å². The van der Waals surface area contributed by atoms with Crippen LogP contribution in [0.15, 0.2) is 48.8 Å². The zero-order valence-electron chi connectivity index (χ0n) is 16.3. The van der Waals surface area contributed by atoms with Crippen LogP contribution in [0.25, 0.3) is 0 Å². The maximum absolute atomic E-state index is 13.3. The third-order valence-electron chi connectivity index (χ3n) is 5.05. The van der Waals surface area contributed by atoms with Crippen LogP contribution in [0.5, 0.6) is 0 Å². The van der Waals surface area contributed by atoms with Gasteiger partial charge < -0.3 is 4.90 Å². The van der Waals surface area contributed by atoms with Gasteiger partial charge in [-0.3, -0.25) is 9.48 Å². The number of carbonyl (C=O) groups is 1. The quantitative estimate of drug-likeness (QED) is 0.694. The molecule has 0 bridgehead atoms. The van der Waals surface area contributed by atoms with Crippen LogP contribution in [0.1, 0.15) is 25.5 Å². The van der Waals surface area contributed by atoms with E-state index in [0.29, 0.717) is 39.3 Å². The minimum atomic E-state index is -3.48. The lowest BCUT2D eigenvalue weighted by molar-refractivity contribution is -0.135. The van der Waals surface area contributed by atoms with Crippen molar-refractivity contribution in [2.75, 3.05) is 39.3 Å². The van der Waals surface area contributed by atoms with Gasteiger partial charge >= 0.3 is 0 Å². The molecule has 28 heavy (non-hydrogen) atoms. The zero-order valence-corrected chi connectivity index (χ0v) is 17.1. The number of hydrogen-bond donors (Lipinski definition) is 0. The van der Waals surface area contributed by atoms with Gasteiger partial charge in [0.05, 0.1) is 0 Å². The summed E-state index contributed by atoms with van der Waals surface area (Å²) in [5, 5.41) is 4.26. The van der Waals surface area contributed by atoms with Gasteiger partial charge in [0.1, 0.15) is 0 Å². The molecule has 1 aromatic heterocycles. The Labute approximate surface area is 166 Å². The SMILES string of the molecule is CCN(CC)S(=O)(=O)N1CCN(C(=O)C(c2ccccc2)n2cccn2)CC1. The van der Waals surface area contributed by atoms with Crippen molar-refractivity contribution in [2.24, 2.45) is 0 Å². The number of hydrogen-bond acceptors (Lipinski definition) is 4. The molecule has 152 valence electrons. The molecule has 3 rings (SSSR count). The lowest BCUT2D eigenvalue weighted by atomic mass is 10.1. The van der Waals surface area contributed by atoms with Gasteiger partial charge in [-0.05, 0) is 11.6 Å². The highest BCUT2D eigenvalue weighted by atomic mass is 32.2. The first-order chi connectivity index (χ1) is 13.5. The smallest absolute Gasteiger partial charge is 0.282 e. The molecule has 1 unspecified atom stereocenters. The second-order valence-corrected chi connectivity index (χ2v) is 8.54. The average Bonchev–Trinajstić information content (AvgIpc) is 3.24. The third-order valence-corrected chi connectivity index (χ3v) is 7.23. The highest BCUT2D eigenvalue weighted by Crippen LogP contribution is 2.22. The molecule has 1 atom stereocenters. The molecule has 9 heteroatoms. The normalized spacial score (nSPS) is 17.0. The Hall–Kier alpha value is -2.23. The molecule has 1 fully saturated rings. The maximum Gasteiger partial charge on any atom is 0.282 e. The first-order valence-corrected chi connectivity index (χ1v) is 11.0. The predicted octanol–water partition coefficient (Wildman–Crippen LogP) is 1.20. The van der Waals surface area contributed by atoms with E-state index in [4.69, 9.17) is 0 Å². The van der Waals surface area contributed by atoms with E-state index < -0.39 is 16.3 Å². The Morgan fingerprint density at radius 3 is 2.25 bits per heavy atom. The van der Waals surface area contributed by atoms with E-state index >= 15 is 0 Å². The van der Waals surface area contributed by atoms with Gasteiger partial charge in [0, 0.05) is 51.7 Å². The molecule has 0 radical (unpaired) electrons. The molecule has 0 spiro atoms. The van der Waals surface area contributed by atoms with Crippen molar-refractivity contribution in [3.05, 3.63) is 54.4 Å². The second kappa shape index (κ2) is 8.85. The number of aromatic nitrogens is 2. The molecule has 8 nitrogen and oxygen atoms in total. The Kier molecular flexibility index (Phi) is 6.48. The van der Waals surface area contributed by atoms with Crippen molar-refractivity contribution in [1.82, 2.24) is 23.3 Å². The Balaban J connectivity index is 1.75. The number of nitrogens with zero attached hydrogens (tertiary/aromatic N) is 5. The highest BCUT2D eigenvalue weighted by Gasteiger charge is 2.35. The van der Waals surface area contributed by atoms with Crippen molar-refractivity contribution in [2.45, 2.75) is 19.9 Å². The first-order valence-electron chi connectivity index (χ1n) is 9.57. The van der Waals surface area contributed by atoms with Crippen LogP contribution in [0.2, 0.25) is 0 Å². The summed E-state index contributed by atoms with van der Waals surface area (Å²) in [6, 6.07) is 10.8. The molecule has 0 N–H and O–H groups in total.